The Morgan fingerprint density at radius 3 is 2.16 bits per heavy atom. The summed E-state index contributed by atoms with van der Waals surface area (Å²) in [6.45, 7) is 2.96. The number of rotatable bonds is 12. The van der Waals surface area contributed by atoms with Gasteiger partial charge >= 0.3 is 0 Å². The second-order valence-electron chi connectivity index (χ2n) is 9.16. The van der Waals surface area contributed by atoms with Crippen LogP contribution in [0.5, 0.6) is 0 Å². The smallest absolute Gasteiger partial charge is 0.250 e. The van der Waals surface area contributed by atoms with Crippen molar-refractivity contribution in [1.29, 1.82) is 0 Å². The molecule has 0 unspecified atom stereocenters. The van der Waals surface area contributed by atoms with Gasteiger partial charge < -0.3 is 37.8 Å². The number of benzene rings is 3. The minimum Gasteiger partial charge on any atom is -0.386 e. The first-order chi connectivity index (χ1) is 18.2. The zero-order valence-corrected chi connectivity index (χ0v) is 21.5. The highest BCUT2D eigenvalue weighted by molar-refractivity contribution is 6.00. The number of nitrogens with zero attached hydrogens (tertiary/aromatic N) is 1. The van der Waals surface area contributed by atoms with E-state index in [9.17, 15) is 19.5 Å². The zero-order valence-electron chi connectivity index (χ0n) is 21.5. The molecule has 10 nitrogen and oxygen atoms in total. The van der Waals surface area contributed by atoms with Gasteiger partial charge in [0.05, 0.1) is 12.5 Å². The predicted molar refractivity (Wildman–Crippen MR) is 148 cm³/mol. The van der Waals surface area contributed by atoms with E-state index in [1.165, 1.54) is 4.90 Å². The molecule has 9 N–H and O–H groups in total. The molecule has 3 rings (SSSR count). The number of carbonyl (C=O) groups excluding carboxylic acids is 3. The van der Waals surface area contributed by atoms with Gasteiger partial charge in [-0.05, 0) is 35.4 Å². The molecule has 3 atom stereocenters. The van der Waals surface area contributed by atoms with Gasteiger partial charge in [0.25, 0.3) is 0 Å². The Balaban J connectivity index is 1.79. The van der Waals surface area contributed by atoms with Crippen LogP contribution in [0.3, 0.4) is 0 Å². The van der Waals surface area contributed by atoms with Crippen LogP contribution in [-0.2, 0) is 14.4 Å². The number of carbonyl (C=O) groups is 3. The van der Waals surface area contributed by atoms with Gasteiger partial charge in [-0.15, -0.1) is 0 Å². The maximum Gasteiger partial charge on any atom is 0.250 e. The minimum absolute atomic E-state index is 0.243. The average Bonchev–Trinajstić information content (AvgIpc) is 2.91. The summed E-state index contributed by atoms with van der Waals surface area (Å²) in [5, 5.41) is 18.4. The number of aliphatic hydroxyl groups excluding tert-OH is 1. The van der Waals surface area contributed by atoms with E-state index >= 15 is 0 Å². The minimum atomic E-state index is -1.37. The van der Waals surface area contributed by atoms with E-state index in [0.717, 1.165) is 16.3 Å². The van der Waals surface area contributed by atoms with Crippen molar-refractivity contribution in [3.8, 4) is 0 Å². The lowest BCUT2D eigenvalue weighted by Gasteiger charge is -2.26. The van der Waals surface area contributed by atoms with E-state index in [1.54, 1.807) is 36.4 Å². The van der Waals surface area contributed by atoms with Gasteiger partial charge in [-0.3, -0.25) is 14.4 Å². The van der Waals surface area contributed by atoms with Crippen molar-refractivity contribution >= 4 is 34.2 Å². The normalized spacial score (nSPS) is 13.4. The molecular formula is C28H36N6O4. The van der Waals surface area contributed by atoms with E-state index in [0.29, 0.717) is 11.3 Å². The Morgan fingerprint density at radius 2 is 1.53 bits per heavy atom. The number of hydrogen-bond acceptors (Lipinski definition) is 7. The zero-order chi connectivity index (χ0) is 27.7. The van der Waals surface area contributed by atoms with Crippen LogP contribution in [-0.4, -0.2) is 66.0 Å². The Bertz CT molecular complexity index is 1240. The molecule has 0 fully saturated rings. The predicted octanol–water partition coefficient (Wildman–Crippen LogP) is 0.769. The number of amides is 3. The molecule has 3 aromatic rings. The molecule has 0 heterocycles. The molecule has 0 saturated heterocycles. The summed E-state index contributed by atoms with van der Waals surface area (Å²) in [7, 11) is 0. The molecule has 38 heavy (non-hydrogen) atoms. The summed E-state index contributed by atoms with van der Waals surface area (Å²) in [6, 6.07) is 17.4. The van der Waals surface area contributed by atoms with Crippen LogP contribution in [0.15, 0.2) is 66.7 Å². The van der Waals surface area contributed by atoms with E-state index in [1.807, 2.05) is 37.3 Å². The second-order valence-corrected chi connectivity index (χ2v) is 9.16. The van der Waals surface area contributed by atoms with Crippen molar-refractivity contribution < 1.29 is 19.5 Å². The third-order valence-electron chi connectivity index (χ3n) is 6.21. The van der Waals surface area contributed by atoms with Crippen molar-refractivity contribution in [2.75, 3.05) is 31.5 Å². The van der Waals surface area contributed by atoms with Crippen LogP contribution >= 0.6 is 0 Å². The summed E-state index contributed by atoms with van der Waals surface area (Å²) in [5.74, 6) is -1.75. The fourth-order valence-electron chi connectivity index (χ4n) is 4.07. The summed E-state index contributed by atoms with van der Waals surface area (Å²) >= 11 is 0. The van der Waals surface area contributed by atoms with Gasteiger partial charge in [-0.2, -0.15) is 0 Å². The average molecular weight is 521 g/mol. The Kier molecular flexibility index (Phi) is 10.3. The highest BCUT2D eigenvalue weighted by Gasteiger charge is 2.32. The number of fused-ring (bicyclic) bond motifs is 1. The Labute approximate surface area is 222 Å². The van der Waals surface area contributed by atoms with E-state index in [2.05, 4.69) is 10.6 Å². The summed E-state index contributed by atoms with van der Waals surface area (Å²) in [5.41, 5.74) is 19.1. The van der Waals surface area contributed by atoms with Gasteiger partial charge in [-0.1, -0.05) is 60.2 Å². The van der Waals surface area contributed by atoms with E-state index < -0.39 is 30.0 Å². The molecule has 10 heteroatoms. The molecule has 0 aliphatic heterocycles. The fourth-order valence-corrected chi connectivity index (χ4v) is 4.07. The molecule has 0 saturated carbocycles. The van der Waals surface area contributed by atoms with Crippen LogP contribution < -0.4 is 27.8 Å². The van der Waals surface area contributed by atoms with Crippen molar-refractivity contribution in [1.82, 2.24) is 10.2 Å². The summed E-state index contributed by atoms with van der Waals surface area (Å²) in [6.07, 6.45) is -1.67. The Morgan fingerprint density at radius 1 is 0.895 bits per heavy atom. The number of hydrogen-bond donors (Lipinski definition) is 6. The van der Waals surface area contributed by atoms with Gasteiger partial charge in [0.15, 0.2) is 0 Å². The lowest BCUT2D eigenvalue weighted by molar-refractivity contribution is -0.135. The number of nitrogens with one attached hydrogen (secondary N) is 2. The van der Waals surface area contributed by atoms with Crippen LogP contribution in [0.4, 0.5) is 5.69 Å². The Hall–Kier alpha value is -3.83. The summed E-state index contributed by atoms with van der Waals surface area (Å²) in [4.78, 5) is 40.4. The molecule has 3 amide bonds. The van der Waals surface area contributed by atoms with Crippen molar-refractivity contribution in [3.63, 3.8) is 0 Å². The maximum absolute atomic E-state index is 13.4. The van der Waals surface area contributed by atoms with Crippen LogP contribution in [0.25, 0.3) is 10.8 Å². The first-order valence-corrected chi connectivity index (χ1v) is 12.5. The highest BCUT2D eigenvalue weighted by Crippen LogP contribution is 2.22. The molecule has 0 spiro atoms. The van der Waals surface area contributed by atoms with Gasteiger partial charge in [0, 0.05) is 31.9 Å². The van der Waals surface area contributed by atoms with Gasteiger partial charge in [-0.25, -0.2) is 0 Å². The molecule has 0 aliphatic carbocycles. The maximum atomic E-state index is 13.4. The topological polar surface area (TPSA) is 177 Å². The van der Waals surface area contributed by atoms with Crippen LogP contribution in [0, 0.1) is 6.92 Å². The third kappa shape index (κ3) is 7.59. The lowest BCUT2D eigenvalue weighted by atomic mass is 9.99. The first kappa shape index (κ1) is 28.7. The SMILES string of the molecule is Cc1ccc([C@@H](O)[C@H](NC(=O)[C@@H](N)CC(=O)N(CCN)CCN)C(=O)Nc2ccc3ccccc3c2)cc1. The van der Waals surface area contributed by atoms with Crippen LogP contribution in [0.2, 0.25) is 0 Å². The van der Waals surface area contributed by atoms with Crippen molar-refractivity contribution in [2.24, 2.45) is 17.2 Å². The number of anilines is 1. The standard InChI is InChI=1S/C28H36N6O4/c1-18-6-8-20(9-7-18)26(36)25(28(38)32-22-11-10-19-4-2-3-5-21(19)16-22)33-27(37)23(31)17-24(35)34(14-12-29)15-13-30/h2-11,16,23,25-26,36H,12-15,17,29-31H2,1H3,(H,32,38)(H,33,37)/t23-,25-,26+/m0/s1. The van der Waals surface area contributed by atoms with Gasteiger partial charge in [0.1, 0.15) is 12.1 Å². The number of aryl methyl sites for hydroxylation is 1. The molecule has 202 valence electrons. The number of aliphatic hydroxyl groups is 1. The quantitative estimate of drug-likeness (QED) is 0.204. The molecule has 0 radical (unpaired) electrons. The highest BCUT2D eigenvalue weighted by atomic mass is 16.3. The van der Waals surface area contributed by atoms with E-state index in [4.69, 9.17) is 17.2 Å². The monoisotopic (exact) mass is 520 g/mol. The molecule has 3 aromatic carbocycles. The lowest BCUT2D eigenvalue weighted by Crippen LogP contribution is -2.53. The molecular weight excluding hydrogens is 484 g/mol. The van der Waals surface area contributed by atoms with Crippen molar-refractivity contribution in [3.05, 3.63) is 77.9 Å². The van der Waals surface area contributed by atoms with Gasteiger partial charge in [0.2, 0.25) is 17.7 Å². The van der Waals surface area contributed by atoms with E-state index in [-0.39, 0.29) is 38.5 Å². The molecule has 0 aliphatic rings. The van der Waals surface area contributed by atoms with Crippen molar-refractivity contribution in [2.45, 2.75) is 31.5 Å². The summed E-state index contributed by atoms with van der Waals surface area (Å²) < 4.78 is 0. The van der Waals surface area contributed by atoms with Crippen LogP contribution in [0.1, 0.15) is 23.7 Å². The molecule has 0 aromatic heterocycles. The largest absolute Gasteiger partial charge is 0.386 e. The third-order valence-corrected chi connectivity index (χ3v) is 6.21. The fraction of sp³-hybridized carbons (Fsp3) is 0.321. The first-order valence-electron chi connectivity index (χ1n) is 12.5. The molecule has 0 bridgehead atoms. The number of nitrogens with two attached hydrogens (primary N) is 3. The second kappa shape index (κ2) is 13.6.